The zero-order valence-corrected chi connectivity index (χ0v) is 40.0. The number of rotatable bonds is 20. The standard InChI is InChI=1S/C54H74O9/c1-11-55-15-19-60-49-39-23-37-24-40(49)28-44-32-48(54(8,9)10)34-46(52(44)63-22-18-58-14-4)30-42-26-38(36-59-35-37)25-41(50(42)61-20-16-56-12-2)29-45-33-47(53(5,6)7)31-43(27-39)51(45)62-21-17-57-13-3/h23-26,31-34H,11-22,27-30,35-36H2,1-10H3. The van der Waals surface area contributed by atoms with Gasteiger partial charge in [0.15, 0.2) is 0 Å². The maximum Gasteiger partial charge on any atom is 0.126 e. The fraction of sp³-hybridized carbons (Fsp3) is 0.556. The van der Waals surface area contributed by atoms with E-state index in [4.69, 9.17) is 42.6 Å². The van der Waals surface area contributed by atoms with Crippen LogP contribution in [0.25, 0.3) is 0 Å². The average Bonchev–Trinajstić information content (AvgIpc) is 3.22. The second-order valence-electron chi connectivity index (χ2n) is 18.6. The summed E-state index contributed by atoms with van der Waals surface area (Å²) in [6.45, 7) is 28.8. The van der Waals surface area contributed by atoms with Crippen LogP contribution in [0, 0.1) is 0 Å². The van der Waals surface area contributed by atoms with Gasteiger partial charge in [-0.3, -0.25) is 0 Å². The highest BCUT2D eigenvalue weighted by atomic mass is 16.5. The molecular formula is C54H74O9. The van der Waals surface area contributed by atoms with Crippen LogP contribution < -0.4 is 18.9 Å². The summed E-state index contributed by atoms with van der Waals surface area (Å²) in [5.41, 5.74) is 13.1. The fourth-order valence-corrected chi connectivity index (χ4v) is 8.48. The number of hydrogen-bond donors (Lipinski definition) is 0. The summed E-state index contributed by atoms with van der Waals surface area (Å²) in [6, 6.07) is 18.4. The molecule has 344 valence electrons. The molecule has 9 nitrogen and oxygen atoms in total. The van der Waals surface area contributed by atoms with Gasteiger partial charge in [0.25, 0.3) is 0 Å². The molecule has 4 aromatic carbocycles. The molecule has 0 spiro atoms. The van der Waals surface area contributed by atoms with Gasteiger partial charge < -0.3 is 42.6 Å². The highest BCUT2D eigenvalue weighted by Crippen LogP contribution is 2.43. The van der Waals surface area contributed by atoms with Gasteiger partial charge in [-0.05, 0) is 130 Å². The predicted octanol–water partition coefficient (Wildman–Crippen LogP) is 10.6. The summed E-state index contributed by atoms with van der Waals surface area (Å²) in [5, 5.41) is 0. The Kier molecular flexibility index (Phi) is 17.4. The second kappa shape index (κ2) is 22.7. The molecule has 4 aromatic rings. The molecule has 2 heterocycles. The summed E-state index contributed by atoms with van der Waals surface area (Å²) in [4.78, 5) is 0. The van der Waals surface area contributed by atoms with E-state index in [-0.39, 0.29) is 10.8 Å². The highest BCUT2D eigenvalue weighted by Gasteiger charge is 2.28. The van der Waals surface area contributed by atoms with E-state index >= 15 is 0 Å². The Hall–Kier alpha value is -4.12. The van der Waals surface area contributed by atoms with E-state index in [9.17, 15) is 0 Å². The van der Waals surface area contributed by atoms with E-state index in [1.165, 1.54) is 11.1 Å². The molecule has 0 atom stereocenters. The molecule has 2 aliphatic rings. The molecule has 10 bridgehead atoms. The van der Waals surface area contributed by atoms with Gasteiger partial charge in [0.2, 0.25) is 0 Å². The topological polar surface area (TPSA) is 83.1 Å². The van der Waals surface area contributed by atoms with Crippen molar-refractivity contribution in [2.24, 2.45) is 0 Å². The molecule has 2 aliphatic heterocycles. The van der Waals surface area contributed by atoms with E-state index in [0.29, 0.717) is 118 Å². The van der Waals surface area contributed by atoms with E-state index in [2.05, 4.69) is 90.1 Å². The Labute approximate surface area is 378 Å². The minimum atomic E-state index is -0.132. The Morgan fingerprint density at radius 1 is 0.365 bits per heavy atom. The van der Waals surface area contributed by atoms with Crippen molar-refractivity contribution in [3.05, 3.63) is 115 Å². The molecule has 0 fully saturated rings. The Morgan fingerprint density at radius 2 is 0.603 bits per heavy atom. The molecule has 0 aromatic heterocycles. The monoisotopic (exact) mass is 867 g/mol. The SMILES string of the molecule is CCOCCOc1c2cc3cc1Cc1cc(C(C)(C)C)cc(c1OCCOCC)Cc1cc(cc(c1OCCOCC)Cc1cc(C(C)(C)C)cc(c1OCCOCC)C2)COC3. The first-order valence-corrected chi connectivity index (χ1v) is 23.3. The molecule has 0 amide bonds. The van der Waals surface area contributed by atoms with Crippen LogP contribution in [-0.2, 0) is 73.4 Å². The van der Waals surface area contributed by atoms with Crippen LogP contribution >= 0.6 is 0 Å². The minimum absolute atomic E-state index is 0.132. The molecule has 9 heteroatoms. The smallest absolute Gasteiger partial charge is 0.126 e. The van der Waals surface area contributed by atoms with Crippen LogP contribution in [0.5, 0.6) is 23.0 Å². The van der Waals surface area contributed by atoms with Crippen LogP contribution in [-0.4, -0.2) is 79.3 Å². The van der Waals surface area contributed by atoms with Gasteiger partial charge in [-0.25, -0.2) is 0 Å². The van der Waals surface area contributed by atoms with Crippen molar-refractivity contribution in [1.82, 2.24) is 0 Å². The molecule has 0 saturated carbocycles. The predicted molar refractivity (Wildman–Crippen MR) is 251 cm³/mol. The zero-order chi connectivity index (χ0) is 45.0. The molecule has 0 unspecified atom stereocenters. The van der Waals surface area contributed by atoms with Gasteiger partial charge >= 0.3 is 0 Å². The average molecular weight is 867 g/mol. The van der Waals surface area contributed by atoms with Crippen LogP contribution in [0.15, 0.2) is 48.5 Å². The maximum atomic E-state index is 6.90. The van der Waals surface area contributed by atoms with Crippen molar-refractivity contribution in [3.8, 4) is 23.0 Å². The lowest BCUT2D eigenvalue weighted by Gasteiger charge is -2.28. The first kappa shape index (κ1) is 48.3. The number of hydrogen-bond acceptors (Lipinski definition) is 9. The van der Waals surface area contributed by atoms with Crippen molar-refractivity contribution < 1.29 is 42.6 Å². The lowest BCUT2D eigenvalue weighted by atomic mass is 9.81. The fourth-order valence-electron chi connectivity index (χ4n) is 8.48. The van der Waals surface area contributed by atoms with Gasteiger partial charge in [0.05, 0.1) is 39.6 Å². The van der Waals surface area contributed by atoms with Gasteiger partial charge in [-0.1, -0.05) is 65.8 Å². The van der Waals surface area contributed by atoms with Gasteiger partial charge in [-0.2, -0.15) is 0 Å². The third-order valence-corrected chi connectivity index (χ3v) is 11.6. The largest absolute Gasteiger partial charge is 0.491 e. The van der Waals surface area contributed by atoms with Crippen LogP contribution in [0.4, 0.5) is 0 Å². The molecular weight excluding hydrogens is 793 g/mol. The summed E-state index contributed by atoms with van der Waals surface area (Å²) >= 11 is 0. The lowest BCUT2D eigenvalue weighted by molar-refractivity contribution is 0.105. The zero-order valence-electron chi connectivity index (χ0n) is 40.0. The molecule has 0 radical (unpaired) electrons. The van der Waals surface area contributed by atoms with Crippen molar-refractivity contribution >= 4 is 0 Å². The second-order valence-corrected chi connectivity index (χ2v) is 18.6. The van der Waals surface area contributed by atoms with E-state index < -0.39 is 0 Å². The van der Waals surface area contributed by atoms with Gasteiger partial charge in [0.1, 0.15) is 49.4 Å². The third kappa shape index (κ3) is 13.0. The minimum Gasteiger partial charge on any atom is -0.491 e. The van der Waals surface area contributed by atoms with Crippen molar-refractivity contribution in [1.29, 1.82) is 0 Å². The highest BCUT2D eigenvalue weighted by molar-refractivity contribution is 5.59. The molecule has 0 N–H and O–H groups in total. The summed E-state index contributed by atoms with van der Waals surface area (Å²) in [5.74, 6) is 3.49. The van der Waals surface area contributed by atoms with Crippen molar-refractivity contribution in [2.75, 3.05) is 79.3 Å². The first-order valence-electron chi connectivity index (χ1n) is 23.3. The van der Waals surface area contributed by atoms with Crippen LogP contribution in [0.1, 0.15) is 136 Å². The van der Waals surface area contributed by atoms with E-state index in [1.54, 1.807) is 0 Å². The summed E-state index contributed by atoms with van der Waals surface area (Å²) in [7, 11) is 0. The van der Waals surface area contributed by atoms with Crippen LogP contribution in [0.2, 0.25) is 0 Å². The number of fused-ring (bicyclic) bond motifs is 10. The summed E-state index contributed by atoms with van der Waals surface area (Å²) < 4.78 is 57.5. The summed E-state index contributed by atoms with van der Waals surface area (Å²) in [6.07, 6.45) is 2.33. The number of benzene rings is 4. The maximum absolute atomic E-state index is 6.90. The Balaban J connectivity index is 1.71. The lowest BCUT2D eigenvalue weighted by Crippen LogP contribution is -2.18. The van der Waals surface area contributed by atoms with E-state index in [0.717, 1.165) is 78.6 Å². The van der Waals surface area contributed by atoms with Crippen molar-refractivity contribution in [3.63, 3.8) is 0 Å². The Bertz CT molecular complexity index is 1860. The quantitative estimate of drug-likeness (QED) is 0.0710. The third-order valence-electron chi connectivity index (χ3n) is 11.6. The normalized spacial score (nSPS) is 13.8. The van der Waals surface area contributed by atoms with Crippen LogP contribution in [0.3, 0.4) is 0 Å². The Morgan fingerprint density at radius 3 is 0.825 bits per heavy atom. The van der Waals surface area contributed by atoms with Gasteiger partial charge in [0, 0.05) is 52.1 Å². The molecule has 0 aliphatic carbocycles. The molecule has 6 rings (SSSR count). The number of ether oxygens (including phenoxy) is 9. The molecule has 0 saturated heterocycles. The van der Waals surface area contributed by atoms with Crippen molar-refractivity contribution in [2.45, 2.75) is 119 Å². The first-order chi connectivity index (χ1) is 30.3. The molecule has 63 heavy (non-hydrogen) atoms. The van der Waals surface area contributed by atoms with E-state index in [1.807, 2.05) is 27.7 Å². The van der Waals surface area contributed by atoms with Gasteiger partial charge in [-0.15, -0.1) is 0 Å².